The summed E-state index contributed by atoms with van der Waals surface area (Å²) in [6, 6.07) is 4.01. The number of sulfone groups is 1. The van der Waals surface area contributed by atoms with Crippen molar-refractivity contribution >= 4 is 33.4 Å². The predicted octanol–water partition coefficient (Wildman–Crippen LogP) is 0.827. The lowest BCUT2D eigenvalue weighted by Gasteiger charge is -2.20. The number of anilines is 1. The van der Waals surface area contributed by atoms with E-state index in [-0.39, 0.29) is 10.8 Å². The van der Waals surface area contributed by atoms with Gasteiger partial charge in [0.1, 0.15) is 12.6 Å². The number of carbonyl (C=O) groups excluding carboxylic acids is 2. The Bertz CT molecular complexity index is 759. The molecule has 144 valence electrons. The summed E-state index contributed by atoms with van der Waals surface area (Å²) in [5.41, 5.74) is 0.351. The van der Waals surface area contributed by atoms with E-state index in [9.17, 15) is 22.8 Å². The van der Waals surface area contributed by atoms with Crippen molar-refractivity contribution in [2.45, 2.75) is 31.2 Å². The highest BCUT2D eigenvalue weighted by Crippen LogP contribution is 2.14. The minimum atomic E-state index is -3.33. The summed E-state index contributed by atoms with van der Waals surface area (Å²) in [6.45, 7) is 3.19. The van der Waals surface area contributed by atoms with Crippen molar-refractivity contribution in [1.29, 1.82) is 0 Å². The van der Waals surface area contributed by atoms with Gasteiger partial charge in [0.25, 0.3) is 0 Å². The van der Waals surface area contributed by atoms with Gasteiger partial charge < -0.3 is 21.1 Å². The number of hydrogen-bond acceptors (Lipinski definition) is 5. The van der Waals surface area contributed by atoms with Gasteiger partial charge in [-0.15, -0.1) is 0 Å². The molecule has 0 heterocycles. The molecule has 0 saturated heterocycles. The first-order chi connectivity index (χ1) is 12.0. The molecule has 1 aromatic rings. The van der Waals surface area contributed by atoms with Crippen LogP contribution in [0.5, 0.6) is 0 Å². The fourth-order valence-corrected chi connectivity index (χ4v) is 2.73. The van der Waals surface area contributed by atoms with Crippen molar-refractivity contribution in [2.24, 2.45) is 5.92 Å². The van der Waals surface area contributed by atoms with E-state index in [4.69, 9.17) is 5.11 Å². The number of urea groups is 1. The van der Waals surface area contributed by atoms with Crippen LogP contribution in [-0.2, 0) is 19.4 Å². The molecule has 0 radical (unpaired) electrons. The van der Waals surface area contributed by atoms with Crippen molar-refractivity contribution in [3.8, 4) is 0 Å². The molecule has 0 aromatic heterocycles. The average Bonchev–Trinajstić information content (AvgIpc) is 2.51. The lowest BCUT2D eigenvalue weighted by Crippen LogP contribution is -2.49. The first kappa shape index (κ1) is 21.4. The molecule has 0 aliphatic rings. The summed E-state index contributed by atoms with van der Waals surface area (Å²) in [5, 5.41) is 15.9. The molecule has 0 saturated carbocycles. The Kier molecular flexibility index (Phi) is 7.56. The summed E-state index contributed by atoms with van der Waals surface area (Å²) in [7, 11) is -3.33. The minimum absolute atomic E-state index is 0.0879. The second kappa shape index (κ2) is 9.18. The van der Waals surface area contributed by atoms with Gasteiger partial charge in [-0.25, -0.2) is 13.2 Å². The number of nitrogens with one attached hydrogen (secondary N) is 3. The van der Waals surface area contributed by atoms with Crippen LogP contribution in [-0.4, -0.2) is 50.3 Å². The molecule has 0 aliphatic carbocycles. The number of aliphatic carboxylic acids is 1. The zero-order valence-electron chi connectivity index (χ0n) is 14.8. The van der Waals surface area contributed by atoms with Crippen molar-refractivity contribution in [3.63, 3.8) is 0 Å². The molecular weight excluding hydrogens is 362 g/mol. The fourth-order valence-electron chi connectivity index (χ4n) is 2.10. The Balaban J connectivity index is 2.73. The van der Waals surface area contributed by atoms with Gasteiger partial charge in [0, 0.05) is 11.9 Å². The molecule has 4 N–H and O–H groups in total. The lowest BCUT2D eigenvalue weighted by atomic mass is 10.0. The number of carbonyl (C=O) groups is 3. The summed E-state index contributed by atoms with van der Waals surface area (Å²) >= 11 is 0. The molecular formula is C16H23N3O6S. The lowest BCUT2D eigenvalue weighted by molar-refractivity contribution is -0.138. The van der Waals surface area contributed by atoms with Crippen molar-refractivity contribution < 1.29 is 27.9 Å². The molecule has 0 bridgehead atoms. The summed E-state index contributed by atoms with van der Waals surface area (Å²) in [5.74, 6) is -1.69. The highest BCUT2D eigenvalue weighted by molar-refractivity contribution is 7.90. The molecule has 9 nitrogen and oxygen atoms in total. The van der Waals surface area contributed by atoms with Gasteiger partial charge in [0.05, 0.1) is 4.90 Å². The van der Waals surface area contributed by atoms with Gasteiger partial charge in [0.15, 0.2) is 9.84 Å². The van der Waals surface area contributed by atoms with Gasteiger partial charge in [-0.05, 0) is 36.6 Å². The molecule has 1 aromatic carbocycles. The maximum atomic E-state index is 12.1. The van der Waals surface area contributed by atoms with Crippen LogP contribution in [0.3, 0.4) is 0 Å². The third kappa shape index (κ3) is 7.51. The average molecular weight is 385 g/mol. The quantitative estimate of drug-likeness (QED) is 0.522. The van der Waals surface area contributed by atoms with E-state index in [2.05, 4.69) is 16.0 Å². The third-order valence-corrected chi connectivity index (χ3v) is 4.41. The number of carboxylic acids is 1. The Labute approximate surface area is 152 Å². The largest absolute Gasteiger partial charge is 0.480 e. The van der Waals surface area contributed by atoms with Gasteiger partial charge >= 0.3 is 12.0 Å². The molecule has 0 spiro atoms. The SMILES string of the molecule is CC(C)CC(NC(=O)Nc1ccc(S(C)(=O)=O)cc1)C(=O)NCC(=O)O. The molecule has 1 atom stereocenters. The predicted molar refractivity (Wildman–Crippen MR) is 95.6 cm³/mol. The number of rotatable bonds is 8. The Morgan fingerprint density at radius 1 is 1.12 bits per heavy atom. The van der Waals surface area contributed by atoms with Crippen LogP contribution in [0.15, 0.2) is 29.2 Å². The highest BCUT2D eigenvalue weighted by Gasteiger charge is 2.22. The van der Waals surface area contributed by atoms with E-state index < -0.39 is 40.3 Å². The molecule has 26 heavy (non-hydrogen) atoms. The van der Waals surface area contributed by atoms with Gasteiger partial charge in [-0.3, -0.25) is 9.59 Å². The molecule has 0 aliphatic heterocycles. The molecule has 1 rings (SSSR count). The zero-order valence-corrected chi connectivity index (χ0v) is 15.6. The zero-order chi connectivity index (χ0) is 19.9. The van der Waals surface area contributed by atoms with Crippen molar-refractivity contribution in [3.05, 3.63) is 24.3 Å². The van der Waals surface area contributed by atoms with Crippen LogP contribution in [0.1, 0.15) is 20.3 Å². The van der Waals surface area contributed by atoms with Crippen molar-refractivity contribution in [2.75, 3.05) is 18.1 Å². The van der Waals surface area contributed by atoms with E-state index in [0.717, 1.165) is 6.26 Å². The minimum Gasteiger partial charge on any atom is -0.480 e. The van der Waals surface area contributed by atoms with Gasteiger partial charge in [-0.2, -0.15) is 0 Å². The first-order valence-corrected chi connectivity index (χ1v) is 9.75. The van der Waals surface area contributed by atoms with Crippen LogP contribution in [0.2, 0.25) is 0 Å². The first-order valence-electron chi connectivity index (χ1n) is 7.86. The monoisotopic (exact) mass is 385 g/mol. The molecule has 0 fully saturated rings. The Morgan fingerprint density at radius 2 is 1.69 bits per heavy atom. The number of benzene rings is 1. The van der Waals surface area contributed by atoms with E-state index in [0.29, 0.717) is 12.1 Å². The number of hydrogen-bond donors (Lipinski definition) is 4. The van der Waals surface area contributed by atoms with Gasteiger partial charge in [0.2, 0.25) is 5.91 Å². The molecule has 1 unspecified atom stereocenters. The second-order valence-corrected chi connectivity index (χ2v) is 8.20. The maximum Gasteiger partial charge on any atom is 0.322 e. The van der Waals surface area contributed by atoms with Crippen LogP contribution in [0.25, 0.3) is 0 Å². The van der Waals surface area contributed by atoms with Crippen LogP contribution >= 0.6 is 0 Å². The normalized spacial score (nSPS) is 12.3. The highest BCUT2D eigenvalue weighted by atomic mass is 32.2. The Morgan fingerprint density at radius 3 is 2.15 bits per heavy atom. The smallest absolute Gasteiger partial charge is 0.322 e. The molecule has 3 amide bonds. The third-order valence-electron chi connectivity index (χ3n) is 3.28. The topological polar surface area (TPSA) is 142 Å². The summed E-state index contributed by atoms with van der Waals surface area (Å²) in [4.78, 5) is 34.8. The maximum absolute atomic E-state index is 12.1. The van der Waals surface area contributed by atoms with E-state index in [1.165, 1.54) is 24.3 Å². The molecule has 10 heteroatoms. The summed E-state index contributed by atoms with van der Waals surface area (Å²) in [6.07, 6.45) is 1.40. The van der Waals surface area contributed by atoms with E-state index >= 15 is 0 Å². The summed E-state index contributed by atoms with van der Waals surface area (Å²) < 4.78 is 22.8. The van der Waals surface area contributed by atoms with Crippen LogP contribution in [0, 0.1) is 5.92 Å². The van der Waals surface area contributed by atoms with Crippen molar-refractivity contribution in [1.82, 2.24) is 10.6 Å². The number of carboxylic acid groups (broad SMARTS) is 1. The van der Waals surface area contributed by atoms with Gasteiger partial charge in [-0.1, -0.05) is 13.8 Å². The van der Waals surface area contributed by atoms with Crippen LogP contribution in [0.4, 0.5) is 10.5 Å². The second-order valence-electron chi connectivity index (χ2n) is 6.19. The Hall–Kier alpha value is -2.62. The van der Waals surface area contributed by atoms with Crippen LogP contribution < -0.4 is 16.0 Å². The van der Waals surface area contributed by atoms with E-state index in [1.54, 1.807) is 0 Å². The standard InChI is InChI=1S/C16H23N3O6S/c1-10(2)8-13(15(22)17-9-14(20)21)19-16(23)18-11-4-6-12(7-5-11)26(3,24)25/h4-7,10,13H,8-9H2,1-3H3,(H,17,22)(H,20,21)(H2,18,19,23). The number of amides is 3. The fraction of sp³-hybridized carbons (Fsp3) is 0.438. The van der Waals surface area contributed by atoms with E-state index in [1.807, 2.05) is 13.8 Å².